The second-order valence-electron chi connectivity index (χ2n) is 4.27. The first-order valence-electron chi connectivity index (χ1n) is 5.03. The molecule has 0 aliphatic rings. The molecule has 0 aromatic carbocycles. The lowest BCUT2D eigenvalue weighted by atomic mass is 10.3. The molecule has 0 aromatic rings. The molecule has 0 aliphatic heterocycles. The van der Waals surface area contributed by atoms with E-state index in [1.165, 1.54) is 0 Å². The largest absolute Gasteiger partial charge is 0.328 e. The summed E-state index contributed by atoms with van der Waals surface area (Å²) in [5.41, 5.74) is 12.8. The minimum Gasteiger partial charge on any atom is -0.328 e. The van der Waals surface area contributed by atoms with Crippen molar-refractivity contribution < 1.29 is 0 Å². The third-order valence-electron chi connectivity index (χ3n) is 0.283. The normalized spacial score (nSPS) is 8.50. The highest BCUT2D eigenvalue weighted by Crippen LogP contribution is 1.82. The lowest BCUT2D eigenvalue weighted by Crippen LogP contribution is -2.06. The monoisotopic (exact) mass is 202 g/mol. The maximum atomic E-state index is 7.70. The predicted octanol–water partition coefficient (Wildman–Crippen LogP) is 3.72. The average molecular weight is 202 g/mol. The summed E-state index contributed by atoms with van der Waals surface area (Å²) < 4.78 is 0. The molecule has 0 bridgehead atoms. The SMILES string of the molecule is CC(C)C.CC(C)N.CC(C)N=[N+]=[N-]. The molecule has 2 N–H and O–H groups in total. The summed E-state index contributed by atoms with van der Waals surface area (Å²) in [4.78, 5) is 2.56. The number of rotatable bonds is 1. The van der Waals surface area contributed by atoms with Gasteiger partial charge in [-0.1, -0.05) is 53.6 Å². The van der Waals surface area contributed by atoms with Gasteiger partial charge in [-0.05, 0) is 17.5 Å². The molecule has 0 radical (unpaired) electrons. The van der Waals surface area contributed by atoms with Gasteiger partial charge in [-0.2, -0.15) is 0 Å². The van der Waals surface area contributed by atoms with Crippen molar-refractivity contribution in [1.29, 1.82) is 0 Å². The van der Waals surface area contributed by atoms with Gasteiger partial charge in [0.2, 0.25) is 0 Å². The molecule has 0 rings (SSSR count). The molecule has 0 saturated heterocycles. The van der Waals surface area contributed by atoms with E-state index in [-0.39, 0.29) is 6.04 Å². The minimum absolute atomic E-state index is 0.106. The van der Waals surface area contributed by atoms with Gasteiger partial charge in [0, 0.05) is 11.0 Å². The Morgan fingerprint density at radius 1 is 1.00 bits per heavy atom. The number of hydrogen-bond acceptors (Lipinski definition) is 2. The molecule has 0 saturated carbocycles. The van der Waals surface area contributed by atoms with Crippen molar-refractivity contribution in [2.75, 3.05) is 0 Å². The Kier molecular flexibility index (Phi) is 20.0. The highest BCUT2D eigenvalue weighted by molar-refractivity contribution is 4.49. The Labute approximate surface area is 88.5 Å². The van der Waals surface area contributed by atoms with Crippen LogP contribution in [0.5, 0.6) is 0 Å². The van der Waals surface area contributed by atoms with Gasteiger partial charge in [0.05, 0.1) is 0 Å². The van der Waals surface area contributed by atoms with E-state index in [0.29, 0.717) is 6.04 Å². The van der Waals surface area contributed by atoms with Crippen LogP contribution in [0.15, 0.2) is 5.11 Å². The van der Waals surface area contributed by atoms with Crippen molar-refractivity contribution in [3.63, 3.8) is 0 Å². The zero-order valence-corrected chi connectivity index (χ0v) is 10.7. The van der Waals surface area contributed by atoms with E-state index in [9.17, 15) is 0 Å². The number of hydrogen-bond donors (Lipinski definition) is 1. The summed E-state index contributed by atoms with van der Waals surface area (Å²) >= 11 is 0. The lowest BCUT2D eigenvalue weighted by molar-refractivity contribution is 0.737. The van der Waals surface area contributed by atoms with Crippen LogP contribution in [-0.2, 0) is 0 Å². The average Bonchev–Trinajstić information content (AvgIpc) is 1.82. The van der Waals surface area contributed by atoms with Crippen molar-refractivity contribution in [2.45, 2.75) is 60.5 Å². The molecule has 4 heteroatoms. The Morgan fingerprint density at radius 2 is 1.21 bits per heavy atom. The Bertz CT molecular complexity index is 124. The minimum atomic E-state index is 0.106. The van der Waals surface area contributed by atoms with Crippen LogP contribution in [0.2, 0.25) is 0 Å². The maximum absolute atomic E-state index is 7.70. The van der Waals surface area contributed by atoms with Crippen molar-refractivity contribution >= 4 is 0 Å². The molecule has 0 amide bonds. The molecule has 0 spiro atoms. The third-order valence-corrected chi connectivity index (χ3v) is 0.283. The second-order valence-corrected chi connectivity index (χ2v) is 4.27. The van der Waals surface area contributed by atoms with Gasteiger partial charge in [-0.15, -0.1) is 0 Å². The summed E-state index contributed by atoms with van der Waals surface area (Å²) in [6.45, 7) is 14.1. The zero-order valence-electron chi connectivity index (χ0n) is 10.7. The van der Waals surface area contributed by atoms with Gasteiger partial charge in [-0.3, -0.25) is 0 Å². The van der Waals surface area contributed by atoms with Crippen LogP contribution in [0, 0.1) is 5.92 Å². The highest BCUT2D eigenvalue weighted by Gasteiger charge is 1.78. The van der Waals surface area contributed by atoms with Crippen LogP contribution >= 0.6 is 0 Å². The first kappa shape index (κ1) is 18.9. The zero-order chi connectivity index (χ0) is 12.1. The Hall–Kier alpha value is -0.730. The van der Waals surface area contributed by atoms with Crippen LogP contribution in [-0.4, -0.2) is 12.1 Å². The fourth-order valence-corrected chi connectivity index (χ4v) is 0.103. The van der Waals surface area contributed by atoms with Gasteiger partial charge < -0.3 is 5.73 Å². The van der Waals surface area contributed by atoms with E-state index in [0.717, 1.165) is 5.92 Å². The first-order chi connectivity index (χ1) is 6.23. The predicted molar refractivity (Wildman–Crippen MR) is 64.1 cm³/mol. The van der Waals surface area contributed by atoms with Crippen molar-refractivity contribution in [3.8, 4) is 0 Å². The molecule has 86 valence electrons. The van der Waals surface area contributed by atoms with Gasteiger partial charge in [-0.25, -0.2) is 0 Å². The van der Waals surface area contributed by atoms with Gasteiger partial charge in [0.15, 0.2) is 0 Å². The number of nitrogens with zero attached hydrogens (tertiary/aromatic N) is 3. The molecule has 0 aromatic heterocycles. The first-order valence-corrected chi connectivity index (χ1v) is 5.03. The molecule has 0 aliphatic carbocycles. The van der Waals surface area contributed by atoms with Crippen LogP contribution in [0.25, 0.3) is 10.4 Å². The van der Waals surface area contributed by atoms with Crippen LogP contribution in [0.3, 0.4) is 0 Å². The van der Waals surface area contributed by atoms with Crippen molar-refractivity contribution in [1.82, 2.24) is 0 Å². The van der Waals surface area contributed by atoms with Crippen LogP contribution in [0.4, 0.5) is 0 Å². The number of azide groups is 1. The van der Waals surface area contributed by atoms with E-state index in [2.05, 4.69) is 30.8 Å². The molecular weight excluding hydrogens is 176 g/mol. The molecule has 14 heavy (non-hydrogen) atoms. The quantitative estimate of drug-likeness (QED) is 0.392. The van der Waals surface area contributed by atoms with E-state index in [4.69, 9.17) is 11.3 Å². The van der Waals surface area contributed by atoms with E-state index in [1.54, 1.807) is 0 Å². The number of nitrogens with two attached hydrogens (primary N) is 1. The van der Waals surface area contributed by atoms with E-state index >= 15 is 0 Å². The molecular formula is C10H26N4. The Morgan fingerprint density at radius 3 is 1.21 bits per heavy atom. The molecule has 0 unspecified atom stereocenters. The van der Waals surface area contributed by atoms with Gasteiger partial charge >= 0.3 is 0 Å². The summed E-state index contributed by atoms with van der Waals surface area (Å²) in [5.74, 6) is 0.833. The van der Waals surface area contributed by atoms with Crippen LogP contribution < -0.4 is 5.73 Å². The standard InChI is InChI=1S/C4H10.C3H7N3.C3H9N/c1-4(2)3;1-3(2)5-6-4;1-3(2)4/h4H,1-3H3;3H,1-2H3;3H,4H2,1-2H3. The van der Waals surface area contributed by atoms with Crippen molar-refractivity contribution in [2.24, 2.45) is 16.8 Å². The maximum Gasteiger partial charge on any atom is 0.0317 e. The second kappa shape index (κ2) is 14.8. The smallest absolute Gasteiger partial charge is 0.0317 e. The molecule has 0 heterocycles. The third kappa shape index (κ3) is 231. The summed E-state index contributed by atoms with van der Waals surface area (Å²) in [6, 6.07) is 0.440. The summed E-state index contributed by atoms with van der Waals surface area (Å²) in [5, 5.41) is 3.31. The van der Waals surface area contributed by atoms with Gasteiger partial charge in [0.1, 0.15) is 0 Å². The van der Waals surface area contributed by atoms with Gasteiger partial charge in [0.25, 0.3) is 0 Å². The van der Waals surface area contributed by atoms with Crippen LogP contribution in [0.1, 0.15) is 48.5 Å². The molecule has 0 fully saturated rings. The van der Waals surface area contributed by atoms with E-state index < -0.39 is 0 Å². The topological polar surface area (TPSA) is 74.8 Å². The molecule has 0 atom stereocenters. The molecule has 4 nitrogen and oxygen atoms in total. The summed E-state index contributed by atoms with van der Waals surface area (Å²) in [7, 11) is 0. The van der Waals surface area contributed by atoms with Crippen molar-refractivity contribution in [3.05, 3.63) is 10.4 Å². The summed E-state index contributed by atoms with van der Waals surface area (Å²) in [6.07, 6.45) is 0. The lowest BCUT2D eigenvalue weighted by Gasteiger charge is -1.82. The fraction of sp³-hybridized carbons (Fsp3) is 1.00. The fourth-order valence-electron chi connectivity index (χ4n) is 0.103. The Balaban J connectivity index is -0.000000135. The highest BCUT2D eigenvalue weighted by atomic mass is 15.1. The van der Waals surface area contributed by atoms with E-state index in [1.807, 2.05) is 27.7 Å².